The van der Waals surface area contributed by atoms with Crippen molar-refractivity contribution in [3.63, 3.8) is 0 Å². The Balaban J connectivity index is 1.05. The Labute approximate surface area is 257 Å². The molecular formula is C36H37N5O3. The monoisotopic (exact) mass is 587 g/mol. The van der Waals surface area contributed by atoms with Crippen molar-refractivity contribution in [1.29, 1.82) is 0 Å². The highest BCUT2D eigenvalue weighted by Gasteiger charge is 2.21. The van der Waals surface area contributed by atoms with Gasteiger partial charge in [-0.25, -0.2) is 0 Å². The molecule has 1 saturated heterocycles. The SMILES string of the molecule is CCCCn1cc(-c2ccc3c(c2)Nc2ccc(CCOc4ccc(N5CCOCC5)cc4)cc2NC3=O)c2ccncc21. The number of fused-ring (bicyclic) bond motifs is 3. The van der Waals surface area contributed by atoms with Crippen LogP contribution in [-0.4, -0.2) is 48.4 Å². The largest absolute Gasteiger partial charge is 0.493 e. The molecule has 5 aromatic rings. The number of carbonyl (C=O) groups excluding carboxylic acids is 1. The topological polar surface area (TPSA) is 80.6 Å². The van der Waals surface area contributed by atoms with Gasteiger partial charge in [0.05, 0.1) is 54.2 Å². The van der Waals surface area contributed by atoms with Gasteiger partial charge in [-0.15, -0.1) is 0 Å². The number of unbranched alkanes of at least 4 members (excludes halogenated alkanes) is 1. The number of hydrogen-bond acceptors (Lipinski definition) is 6. The maximum absolute atomic E-state index is 13.3. The van der Waals surface area contributed by atoms with Crippen LogP contribution in [-0.2, 0) is 17.7 Å². The van der Waals surface area contributed by atoms with E-state index in [9.17, 15) is 4.79 Å². The summed E-state index contributed by atoms with van der Waals surface area (Å²) in [6.07, 6.45) is 8.95. The minimum Gasteiger partial charge on any atom is -0.493 e. The van der Waals surface area contributed by atoms with Crippen LogP contribution in [0.4, 0.5) is 22.7 Å². The van der Waals surface area contributed by atoms with Crippen molar-refractivity contribution in [2.24, 2.45) is 0 Å². The average Bonchev–Trinajstić information content (AvgIpc) is 3.37. The zero-order valence-corrected chi connectivity index (χ0v) is 25.0. The number of hydrogen-bond donors (Lipinski definition) is 2. The fourth-order valence-electron chi connectivity index (χ4n) is 6.05. The summed E-state index contributed by atoms with van der Waals surface area (Å²) in [4.78, 5) is 20.0. The van der Waals surface area contributed by atoms with Gasteiger partial charge in [0.25, 0.3) is 5.91 Å². The fourth-order valence-corrected chi connectivity index (χ4v) is 6.05. The first-order chi connectivity index (χ1) is 21.7. The van der Waals surface area contributed by atoms with Gasteiger partial charge in [0.1, 0.15) is 5.75 Å². The molecule has 8 heteroatoms. The van der Waals surface area contributed by atoms with Crippen LogP contribution in [0.3, 0.4) is 0 Å². The molecule has 3 aromatic carbocycles. The van der Waals surface area contributed by atoms with Crippen molar-refractivity contribution in [1.82, 2.24) is 9.55 Å². The number of rotatable bonds is 9. The Bertz CT molecular complexity index is 1790. The van der Waals surface area contributed by atoms with Crippen LogP contribution in [0.5, 0.6) is 5.75 Å². The van der Waals surface area contributed by atoms with E-state index >= 15 is 0 Å². The van der Waals surface area contributed by atoms with E-state index in [1.165, 1.54) is 5.69 Å². The molecule has 2 N–H and O–H groups in total. The summed E-state index contributed by atoms with van der Waals surface area (Å²) >= 11 is 0. The molecule has 2 aliphatic rings. The lowest BCUT2D eigenvalue weighted by molar-refractivity contribution is 0.102. The predicted octanol–water partition coefficient (Wildman–Crippen LogP) is 7.27. The molecule has 1 fully saturated rings. The van der Waals surface area contributed by atoms with E-state index in [0.29, 0.717) is 12.2 Å². The molecular weight excluding hydrogens is 550 g/mol. The van der Waals surface area contributed by atoms with E-state index in [2.05, 4.69) is 68.5 Å². The number of morpholine rings is 1. The molecule has 0 radical (unpaired) electrons. The lowest BCUT2D eigenvalue weighted by Gasteiger charge is -2.28. The molecule has 8 nitrogen and oxygen atoms in total. The fraction of sp³-hybridized carbons (Fsp3) is 0.278. The number of benzene rings is 3. The first-order valence-electron chi connectivity index (χ1n) is 15.5. The number of aryl methyl sites for hydroxylation is 1. The number of aromatic nitrogens is 2. The van der Waals surface area contributed by atoms with Gasteiger partial charge in [-0.1, -0.05) is 25.5 Å². The average molecular weight is 588 g/mol. The summed E-state index contributed by atoms with van der Waals surface area (Å²) in [5.41, 5.74) is 8.66. The van der Waals surface area contributed by atoms with Crippen LogP contribution in [0, 0.1) is 0 Å². The minimum absolute atomic E-state index is 0.124. The summed E-state index contributed by atoms with van der Waals surface area (Å²) in [5, 5.41) is 7.80. The molecule has 44 heavy (non-hydrogen) atoms. The van der Waals surface area contributed by atoms with E-state index in [1.807, 2.05) is 48.8 Å². The molecule has 2 aliphatic heterocycles. The molecule has 0 spiro atoms. The van der Waals surface area contributed by atoms with Crippen LogP contribution in [0.2, 0.25) is 0 Å². The minimum atomic E-state index is -0.124. The molecule has 224 valence electrons. The summed E-state index contributed by atoms with van der Waals surface area (Å²) in [6.45, 7) is 7.07. The Kier molecular flexibility index (Phi) is 7.90. The van der Waals surface area contributed by atoms with Crippen molar-refractivity contribution in [2.75, 3.05) is 48.4 Å². The Morgan fingerprint density at radius 3 is 2.61 bits per heavy atom. The molecule has 4 heterocycles. The van der Waals surface area contributed by atoms with Gasteiger partial charge in [-0.05, 0) is 72.1 Å². The summed E-state index contributed by atoms with van der Waals surface area (Å²) in [6, 6.07) is 22.5. The predicted molar refractivity (Wildman–Crippen MR) is 176 cm³/mol. The van der Waals surface area contributed by atoms with Gasteiger partial charge in [0.15, 0.2) is 0 Å². The zero-order chi connectivity index (χ0) is 29.9. The van der Waals surface area contributed by atoms with Crippen molar-refractivity contribution in [3.05, 3.63) is 96.4 Å². The van der Waals surface area contributed by atoms with Crippen LogP contribution in [0.15, 0.2) is 85.3 Å². The van der Waals surface area contributed by atoms with Crippen LogP contribution >= 0.6 is 0 Å². The molecule has 0 bridgehead atoms. The van der Waals surface area contributed by atoms with Gasteiger partial charge in [-0.2, -0.15) is 0 Å². The molecule has 0 unspecified atom stereocenters. The summed E-state index contributed by atoms with van der Waals surface area (Å²) in [7, 11) is 0. The normalized spacial score (nSPS) is 14.4. The van der Waals surface area contributed by atoms with E-state index in [4.69, 9.17) is 9.47 Å². The van der Waals surface area contributed by atoms with E-state index in [1.54, 1.807) is 0 Å². The third-order valence-corrected chi connectivity index (χ3v) is 8.49. The number of ether oxygens (including phenoxy) is 2. The third kappa shape index (κ3) is 5.73. The van der Waals surface area contributed by atoms with Crippen molar-refractivity contribution in [2.45, 2.75) is 32.7 Å². The number of pyridine rings is 1. The van der Waals surface area contributed by atoms with E-state index < -0.39 is 0 Å². The zero-order valence-electron chi connectivity index (χ0n) is 25.0. The molecule has 0 atom stereocenters. The molecule has 7 rings (SSSR count). The van der Waals surface area contributed by atoms with E-state index in [-0.39, 0.29) is 5.91 Å². The second kappa shape index (κ2) is 12.4. The molecule has 0 saturated carbocycles. The first kappa shape index (κ1) is 28.0. The van der Waals surface area contributed by atoms with Gasteiger partial charge in [-0.3, -0.25) is 9.78 Å². The maximum Gasteiger partial charge on any atom is 0.257 e. The van der Waals surface area contributed by atoms with Crippen LogP contribution in [0.25, 0.3) is 22.0 Å². The van der Waals surface area contributed by atoms with Gasteiger partial charge >= 0.3 is 0 Å². The van der Waals surface area contributed by atoms with Gasteiger partial charge in [0.2, 0.25) is 0 Å². The smallest absolute Gasteiger partial charge is 0.257 e. The highest BCUT2D eigenvalue weighted by Crippen LogP contribution is 2.37. The molecule has 2 aromatic heterocycles. The van der Waals surface area contributed by atoms with Crippen molar-refractivity contribution >= 4 is 39.6 Å². The van der Waals surface area contributed by atoms with Gasteiger partial charge < -0.3 is 29.6 Å². The van der Waals surface area contributed by atoms with Gasteiger partial charge in [0, 0.05) is 55.1 Å². The number of nitrogens with one attached hydrogen (secondary N) is 2. The lowest BCUT2D eigenvalue weighted by atomic mass is 10.0. The third-order valence-electron chi connectivity index (χ3n) is 8.49. The van der Waals surface area contributed by atoms with Crippen LogP contribution < -0.4 is 20.3 Å². The Hall–Kier alpha value is -4.82. The molecule has 0 aliphatic carbocycles. The highest BCUT2D eigenvalue weighted by molar-refractivity contribution is 6.13. The Morgan fingerprint density at radius 2 is 1.77 bits per heavy atom. The van der Waals surface area contributed by atoms with Crippen molar-refractivity contribution < 1.29 is 14.3 Å². The standard InChI is InChI=1S/C36H37N5O3/c1-2-3-15-41-24-31(29-12-14-37-23-35(29)41)26-5-10-30-33(22-26)38-32-11-4-25(21-34(32)39-36(30)42)13-18-44-28-8-6-27(7-9-28)40-16-19-43-20-17-40/h4-12,14,21-24,38H,2-3,13,15-20H2,1H3,(H,39,42). The number of nitrogens with zero attached hydrogens (tertiary/aromatic N) is 3. The second-order valence-corrected chi connectivity index (χ2v) is 11.4. The lowest BCUT2D eigenvalue weighted by Crippen LogP contribution is -2.36. The van der Waals surface area contributed by atoms with Crippen LogP contribution in [0.1, 0.15) is 35.7 Å². The second-order valence-electron chi connectivity index (χ2n) is 11.4. The van der Waals surface area contributed by atoms with E-state index in [0.717, 1.165) is 103 Å². The number of anilines is 4. The Morgan fingerprint density at radius 1 is 0.909 bits per heavy atom. The van der Waals surface area contributed by atoms with Crippen molar-refractivity contribution in [3.8, 4) is 16.9 Å². The molecule has 1 amide bonds. The first-order valence-corrected chi connectivity index (χ1v) is 15.5. The maximum atomic E-state index is 13.3. The highest BCUT2D eigenvalue weighted by atomic mass is 16.5. The summed E-state index contributed by atoms with van der Waals surface area (Å²) < 4.78 is 13.8. The number of carbonyl (C=O) groups is 1. The summed E-state index contributed by atoms with van der Waals surface area (Å²) in [5.74, 6) is 0.726. The number of amides is 1. The quantitative estimate of drug-likeness (QED) is 0.189.